The van der Waals surface area contributed by atoms with Gasteiger partial charge in [-0.05, 0) is 80.7 Å². The molecule has 234 valence electrons. The van der Waals surface area contributed by atoms with Crippen LogP contribution in [0.25, 0.3) is 32.9 Å². The Morgan fingerprint density at radius 1 is 1.13 bits per heavy atom. The number of nitrogens with one attached hydrogen (secondary N) is 1. The lowest BCUT2D eigenvalue weighted by Crippen LogP contribution is -2.57. The molecule has 0 saturated carbocycles. The number of fused-ring (bicyclic) bond motifs is 6. The third kappa shape index (κ3) is 4.63. The van der Waals surface area contributed by atoms with E-state index < -0.39 is 30.1 Å². The summed E-state index contributed by atoms with van der Waals surface area (Å²) in [5.74, 6) is 1.20. The summed E-state index contributed by atoms with van der Waals surface area (Å²) in [6, 6.07) is 14.4. The summed E-state index contributed by atoms with van der Waals surface area (Å²) in [6.45, 7) is 12.9. The van der Waals surface area contributed by atoms with E-state index in [9.17, 15) is 9.59 Å². The van der Waals surface area contributed by atoms with Crippen molar-refractivity contribution >= 4 is 46.8 Å². The fourth-order valence-corrected chi connectivity index (χ4v) is 6.98. The highest BCUT2D eigenvalue weighted by atomic mass is 16.7. The highest BCUT2D eigenvalue weighted by Crippen LogP contribution is 2.44. The molecule has 7 rings (SSSR count). The molecule has 0 bridgehead atoms. The van der Waals surface area contributed by atoms with Crippen LogP contribution in [0.4, 0.5) is 4.79 Å². The van der Waals surface area contributed by atoms with Gasteiger partial charge in [0.25, 0.3) is 0 Å². The molecule has 11 heteroatoms. The second kappa shape index (κ2) is 10.3. The summed E-state index contributed by atoms with van der Waals surface area (Å²) in [4.78, 5) is 34.8. The number of carbonyl (C=O) groups is 2. The van der Waals surface area contributed by atoms with Crippen molar-refractivity contribution in [2.24, 2.45) is 11.7 Å². The summed E-state index contributed by atoms with van der Waals surface area (Å²) in [5, 5.41) is 2.00. The molecule has 3 N–H and O–H groups in total. The fourth-order valence-electron chi connectivity index (χ4n) is 6.98. The van der Waals surface area contributed by atoms with E-state index in [2.05, 4.69) is 69.1 Å². The molecule has 3 aromatic carbocycles. The molecule has 2 fully saturated rings. The number of aldehydes is 1. The number of H-pyrrole nitrogens is 1. The van der Waals surface area contributed by atoms with Crippen LogP contribution in [0, 0.1) is 5.92 Å². The van der Waals surface area contributed by atoms with E-state index in [1.807, 2.05) is 24.8 Å². The number of hydrogen-bond acceptors (Lipinski definition) is 8. The monoisotopic (exact) mass is 610 g/mol. The number of nitrogens with zero attached hydrogens (tertiary/aromatic N) is 2. The van der Waals surface area contributed by atoms with Gasteiger partial charge >= 0.3 is 13.2 Å². The first-order valence-electron chi connectivity index (χ1n) is 15.6. The zero-order valence-corrected chi connectivity index (χ0v) is 26.6. The van der Waals surface area contributed by atoms with Crippen molar-refractivity contribution < 1.29 is 28.4 Å². The average molecular weight is 611 g/mol. The average Bonchev–Trinajstić information content (AvgIpc) is 3.70. The number of aromatic nitrogens is 2. The van der Waals surface area contributed by atoms with Crippen LogP contribution in [-0.2, 0) is 25.4 Å². The van der Waals surface area contributed by atoms with E-state index in [0.717, 1.165) is 62.6 Å². The maximum absolute atomic E-state index is 12.4. The minimum atomic E-state index is -1.48. The number of rotatable bonds is 6. The summed E-state index contributed by atoms with van der Waals surface area (Å²) in [5.41, 5.74) is 9.02. The van der Waals surface area contributed by atoms with Gasteiger partial charge < -0.3 is 29.5 Å². The van der Waals surface area contributed by atoms with Gasteiger partial charge in [-0.2, -0.15) is 0 Å². The zero-order chi connectivity index (χ0) is 31.9. The van der Waals surface area contributed by atoms with Crippen molar-refractivity contribution in [2.75, 3.05) is 6.54 Å². The van der Waals surface area contributed by atoms with E-state index in [0.29, 0.717) is 25.3 Å². The van der Waals surface area contributed by atoms with E-state index in [4.69, 9.17) is 29.5 Å². The lowest BCUT2D eigenvalue weighted by atomic mass is 9.77. The van der Waals surface area contributed by atoms with E-state index in [1.165, 1.54) is 0 Å². The largest absolute Gasteiger partial charge is 0.494 e. The number of nitrogens with two attached hydrogens (primary N) is 1. The van der Waals surface area contributed by atoms with Gasteiger partial charge in [0.05, 0.1) is 28.3 Å². The number of hydrogen-bond donors (Lipinski definition) is 2. The van der Waals surface area contributed by atoms with Crippen molar-refractivity contribution in [3.63, 3.8) is 0 Å². The Balaban J connectivity index is 1.24. The van der Waals surface area contributed by atoms with Crippen LogP contribution in [-0.4, -0.2) is 57.8 Å². The van der Waals surface area contributed by atoms with Crippen LogP contribution in [0.1, 0.15) is 71.8 Å². The molecule has 0 aliphatic carbocycles. The van der Waals surface area contributed by atoms with Crippen LogP contribution < -0.4 is 15.9 Å². The van der Waals surface area contributed by atoms with Crippen LogP contribution in [0.5, 0.6) is 5.75 Å². The first-order valence-corrected chi connectivity index (χ1v) is 15.6. The minimum absolute atomic E-state index is 0.252. The van der Waals surface area contributed by atoms with E-state index >= 15 is 0 Å². The Hall–Kier alpha value is -3.93. The summed E-state index contributed by atoms with van der Waals surface area (Å²) in [6.07, 6.45) is 1.29. The van der Waals surface area contributed by atoms with Gasteiger partial charge in [-0.1, -0.05) is 38.1 Å². The molecular formula is C34H39BN4O6. The van der Waals surface area contributed by atoms with Gasteiger partial charge in [0.15, 0.2) is 6.29 Å². The molecule has 1 aromatic heterocycles. The van der Waals surface area contributed by atoms with Gasteiger partial charge in [0.2, 0.25) is 5.72 Å². The van der Waals surface area contributed by atoms with Crippen LogP contribution in [0.2, 0.25) is 0 Å². The van der Waals surface area contributed by atoms with Gasteiger partial charge in [-0.25, -0.2) is 14.7 Å². The Kier molecular flexibility index (Phi) is 6.81. The quantitative estimate of drug-likeness (QED) is 0.221. The van der Waals surface area contributed by atoms with Crippen molar-refractivity contribution in [1.29, 1.82) is 0 Å². The molecule has 4 heterocycles. The third-order valence-electron chi connectivity index (χ3n) is 10.2. The van der Waals surface area contributed by atoms with Crippen LogP contribution in [0.15, 0.2) is 42.5 Å². The third-order valence-corrected chi connectivity index (χ3v) is 10.2. The van der Waals surface area contributed by atoms with Crippen molar-refractivity contribution in [3.05, 3.63) is 53.9 Å². The molecule has 45 heavy (non-hydrogen) atoms. The Labute approximate surface area is 262 Å². The smallest absolute Gasteiger partial charge is 0.488 e. The number of likely N-dealkylation sites (tertiary alicyclic amines) is 1. The molecule has 2 atom stereocenters. The number of imidazole rings is 1. The number of amides is 1. The first kappa shape index (κ1) is 29.8. The van der Waals surface area contributed by atoms with Crippen LogP contribution in [0.3, 0.4) is 0 Å². The highest BCUT2D eigenvalue weighted by Gasteiger charge is 2.52. The van der Waals surface area contributed by atoms with Gasteiger partial charge in [-0.15, -0.1) is 0 Å². The lowest BCUT2D eigenvalue weighted by molar-refractivity contribution is -0.163. The number of benzene rings is 3. The SMILES string of the molecule is CC(C)C(C=O)(OC(N)=O)N1CCCC1c1nc2c(ccc3cc4c(cc32)OCc2cc(B3OC(C)(C)C(C)(C)O3)ccc2-4)[nH]1. The molecule has 0 spiro atoms. The minimum Gasteiger partial charge on any atom is -0.488 e. The summed E-state index contributed by atoms with van der Waals surface area (Å²) >= 11 is 0. The van der Waals surface area contributed by atoms with Crippen molar-refractivity contribution in [1.82, 2.24) is 14.9 Å². The molecule has 3 aliphatic heterocycles. The van der Waals surface area contributed by atoms with Gasteiger partial charge in [-0.3, -0.25) is 4.79 Å². The molecule has 2 unspecified atom stereocenters. The summed E-state index contributed by atoms with van der Waals surface area (Å²) < 4.78 is 24.4. The van der Waals surface area contributed by atoms with E-state index in [1.54, 1.807) is 0 Å². The Morgan fingerprint density at radius 2 is 1.89 bits per heavy atom. The molecule has 4 aromatic rings. The highest BCUT2D eigenvalue weighted by molar-refractivity contribution is 6.62. The maximum Gasteiger partial charge on any atom is 0.494 e. The Bertz CT molecular complexity index is 1840. The molecule has 1 amide bonds. The van der Waals surface area contributed by atoms with Gasteiger partial charge in [0.1, 0.15) is 18.2 Å². The van der Waals surface area contributed by atoms with Crippen LogP contribution >= 0.6 is 0 Å². The topological polar surface area (TPSA) is 129 Å². The number of ether oxygens (including phenoxy) is 2. The molecule has 10 nitrogen and oxygen atoms in total. The molecule has 2 saturated heterocycles. The number of aromatic amines is 1. The standard InChI is InChI=1S/C34H39BN4O6/c1-19(2)34(18-40,43-31(36)41)39-13-7-8-27(39)30-37-26-12-9-20-15-25-23-11-10-22(35-44-32(3,4)33(5,6)45-35)14-21(23)17-42-28(25)16-24(20)29(26)38-30/h9-12,14-16,18-19,27H,7-8,13,17H2,1-6H3,(H2,36,41)(H,37,38). The molecule has 0 radical (unpaired) electrons. The van der Waals surface area contributed by atoms with E-state index in [-0.39, 0.29) is 12.0 Å². The van der Waals surface area contributed by atoms with Gasteiger partial charge in [0, 0.05) is 23.4 Å². The summed E-state index contributed by atoms with van der Waals surface area (Å²) in [7, 11) is -0.434. The number of primary amides is 1. The second-order valence-corrected chi connectivity index (χ2v) is 13.7. The number of carbonyl (C=O) groups excluding carboxylic acids is 2. The lowest BCUT2D eigenvalue weighted by Gasteiger charge is -2.41. The predicted molar refractivity (Wildman–Crippen MR) is 172 cm³/mol. The predicted octanol–water partition coefficient (Wildman–Crippen LogP) is 5.36. The van der Waals surface area contributed by atoms with Crippen molar-refractivity contribution in [3.8, 4) is 16.9 Å². The molecule has 3 aliphatic rings. The zero-order valence-electron chi connectivity index (χ0n) is 26.6. The maximum atomic E-state index is 12.4. The fraction of sp³-hybridized carbons (Fsp3) is 0.441. The second-order valence-electron chi connectivity index (χ2n) is 13.7. The normalized spacial score (nSPS) is 21.8. The van der Waals surface area contributed by atoms with Crippen molar-refractivity contribution in [2.45, 2.75) is 84.0 Å². The molecular weight excluding hydrogens is 571 g/mol. The first-order chi connectivity index (χ1) is 21.3. The Morgan fingerprint density at radius 3 is 2.58 bits per heavy atom.